The number of nitrogens with one attached hydrogen (secondary N) is 1. The normalized spacial score (nSPS) is 12.6. The summed E-state index contributed by atoms with van der Waals surface area (Å²) in [4.78, 5) is 0. The van der Waals surface area contributed by atoms with Crippen LogP contribution in [0.2, 0.25) is 0 Å². The van der Waals surface area contributed by atoms with Gasteiger partial charge >= 0.3 is 0 Å². The molecule has 1 aromatic rings. The van der Waals surface area contributed by atoms with Crippen LogP contribution >= 0.6 is 0 Å². The topological polar surface area (TPSA) is 41.5 Å². The monoisotopic (exact) mass is 223 g/mol. The summed E-state index contributed by atoms with van der Waals surface area (Å²) in [6, 6.07) is 4.36. The molecule has 0 aliphatic carbocycles. The van der Waals surface area contributed by atoms with Gasteiger partial charge in [-0.2, -0.15) is 0 Å². The predicted molar refractivity (Wildman–Crippen MR) is 66.0 cm³/mol. The van der Waals surface area contributed by atoms with Crippen LogP contribution in [0.5, 0.6) is 5.75 Å². The van der Waals surface area contributed by atoms with E-state index in [2.05, 4.69) is 24.4 Å². The van der Waals surface area contributed by atoms with Gasteiger partial charge in [0.2, 0.25) is 0 Å². The number of hydrogen-bond acceptors (Lipinski definition) is 3. The first-order chi connectivity index (χ1) is 7.63. The Morgan fingerprint density at radius 2 is 2.06 bits per heavy atom. The van der Waals surface area contributed by atoms with Crippen molar-refractivity contribution in [2.24, 2.45) is 0 Å². The second-order valence-corrected chi connectivity index (χ2v) is 4.06. The van der Waals surface area contributed by atoms with E-state index in [-0.39, 0.29) is 12.6 Å². The highest BCUT2D eigenvalue weighted by atomic mass is 16.5. The van der Waals surface area contributed by atoms with E-state index in [0.717, 1.165) is 16.9 Å². The average molecular weight is 223 g/mol. The Morgan fingerprint density at radius 1 is 1.38 bits per heavy atom. The lowest BCUT2D eigenvalue weighted by Gasteiger charge is -2.20. The smallest absolute Gasteiger partial charge is 0.126 e. The highest BCUT2D eigenvalue weighted by Gasteiger charge is 2.16. The molecule has 0 amide bonds. The van der Waals surface area contributed by atoms with Gasteiger partial charge in [0.1, 0.15) is 5.75 Å². The van der Waals surface area contributed by atoms with Crippen LogP contribution in [0.4, 0.5) is 0 Å². The lowest BCUT2D eigenvalue weighted by atomic mass is 9.98. The number of ether oxygens (including phenoxy) is 1. The number of aliphatic hydroxyl groups excluding tert-OH is 1. The third-order valence-corrected chi connectivity index (χ3v) is 2.79. The Labute approximate surface area is 97.4 Å². The largest absolute Gasteiger partial charge is 0.496 e. The lowest BCUT2D eigenvalue weighted by molar-refractivity contribution is 0.267. The maximum Gasteiger partial charge on any atom is 0.126 e. The van der Waals surface area contributed by atoms with Crippen molar-refractivity contribution in [2.75, 3.05) is 20.8 Å². The third-order valence-electron chi connectivity index (χ3n) is 2.79. The number of aryl methyl sites for hydroxylation is 2. The zero-order valence-corrected chi connectivity index (χ0v) is 10.5. The molecule has 3 heteroatoms. The van der Waals surface area contributed by atoms with Crippen LogP contribution in [-0.2, 0) is 0 Å². The molecular formula is C13H21NO2. The van der Waals surface area contributed by atoms with Crippen LogP contribution in [-0.4, -0.2) is 25.9 Å². The molecule has 0 saturated carbocycles. The molecule has 16 heavy (non-hydrogen) atoms. The molecule has 1 atom stereocenters. The number of rotatable bonds is 5. The number of benzene rings is 1. The van der Waals surface area contributed by atoms with E-state index in [9.17, 15) is 0 Å². The molecule has 0 bridgehead atoms. The molecule has 0 heterocycles. The van der Waals surface area contributed by atoms with Crippen molar-refractivity contribution < 1.29 is 9.84 Å². The first-order valence-electron chi connectivity index (χ1n) is 5.57. The number of methoxy groups -OCH3 is 1. The molecule has 0 aliphatic rings. The summed E-state index contributed by atoms with van der Waals surface area (Å²) in [5.74, 6) is 0.915. The zero-order chi connectivity index (χ0) is 12.1. The van der Waals surface area contributed by atoms with Gasteiger partial charge in [-0.1, -0.05) is 17.7 Å². The molecule has 2 N–H and O–H groups in total. The summed E-state index contributed by atoms with van der Waals surface area (Å²) in [6.07, 6.45) is 0.690. The van der Waals surface area contributed by atoms with Gasteiger partial charge in [-0.25, -0.2) is 0 Å². The standard InChI is InChI=1S/C13H21NO2/c1-9-7-10(2)13(16-4)11(8-9)12(14-3)5-6-15/h7-8,12,14-15H,5-6H2,1-4H3. The van der Waals surface area contributed by atoms with Crippen molar-refractivity contribution in [2.45, 2.75) is 26.3 Å². The summed E-state index contributed by atoms with van der Waals surface area (Å²) in [7, 11) is 3.59. The van der Waals surface area contributed by atoms with Gasteiger partial charge in [0, 0.05) is 18.2 Å². The molecule has 90 valence electrons. The summed E-state index contributed by atoms with van der Waals surface area (Å²) in [6.45, 7) is 4.28. The minimum atomic E-state index is 0.138. The van der Waals surface area contributed by atoms with E-state index in [4.69, 9.17) is 9.84 Å². The predicted octanol–water partition coefficient (Wildman–Crippen LogP) is 1.95. The maximum atomic E-state index is 9.05. The van der Waals surface area contributed by atoms with Crippen LogP contribution < -0.4 is 10.1 Å². The van der Waals surface area contributed by atoms with Crippen molar-refractivity contribution >= 4 is 0 Å². The van der Waals surface area contributed by atoms with Gasteiger partial charge in [-0.3, -0.25) is 0 Å². The molecule has 1 rings (SSSR count). The Balaban J connectivity index is 3.17. The second kappa shape index (κ2) is 5.87. The highest BCUT2D eigenvalue weighted by molar-refractivity contribution is 5.45. The van der Waals surface area contributed by atoms with E-state index in [1.165, 1.54) is 5.56 Å². The van der Waals surface area contributed by atoms with Gasteiger partial charge in [0.05, 0.1) is 7.11 Å². The van der Waals surface area contributed by atoms with Crippen LogP contribution in [0.1, 0.15) is 29.2 Å². The SMILES string of the molecule is CNC(CCO)c1cc(C)cc(C)c1OC. The Morgan fingerprint density at radius 3 is 2.56 bits per heavy atom. The molecule has 0 spiro atoms. The van der Waals surface area contributed by atoms with Gasteiger partial charge in [0.25, 0.3) is 0 Å². The molecule has 0 aromatic heterocycles. The van der Waals surface area contributed by atoms with E-state index >= 15 is 0 Å². The van der Waals surface area contributed by atoms with Crippen molar-refractivity contribution in [3.05, 3.63) is 28.8 Å². The quantitative estimate of drug-likeness (QED) is 0.801. The molecule has 3 nitrogen and oxygen atoms in total. The Kier molecular flexibility index (Phi) is 4.77. The molecule has 0 radical (unpaired) electrons. The fourth-order valence-electron chi connectivity index (χ4n) is 2.11. The van der Waals surface area contributed by atoms with Gasteiger partial charge in [-0.05, 0) is 32.9 Å². The molecular weight excluding hydrogens is 202 g/mol. The van der Waals surface area contributed by atoms with Gasteiger partial charge in [0.15, 0.2) is 0 Å². The van der Waals surface area contributed by atoms with E-state index in [0.29, 0.717) is 6.42 Å². The van der Waals surface area contributed by atoms with Crippen LogP contribution in [0.25, 0.3) is 0 Å². The van der Waals surface area contributed by atoms with Gasteiger partial charge < -0.3 is 15.2 Å². The minimum Gasteiger partial charge on any atom is -0.496 e. The first-order valence-corrected chi connectivity index (χ1v) is 5.57. The fraction of sp³-hybridized carbons (Fsp3) is 0.538. The molecule has 0 saturated heterocycles. The zero-order valence-electron chi connectivity index (χ0n) is 10.5. The van der Waals surface area contributed by atoms with Crippen LogP contribution in [0.3, 0.4) is 0 Å². The number of hydrogen-bond donors (Lipinski definition) is 2. The first kappa shape index (κ1) is 13.0. The van der Waals surface area contributed by atoms with Gasteiger partial charge in [-0.15, -0.1) is 0 Å². The molecule has 0 aliphatic heterocycles. The van der Waals surface area contributed by atoms with Crippen molar-refractivity contribution in [1.82, 2.24) is 5.32 Å². The average Bonchev–Trinajstić information content (AvgIpc) is 2.25. The summed E-state index contributed by atoms with van der Waals surface area (Å²) < 4.78 is 5.44. The molecule has 0 fully saturated rings. The highest BCUT2D eigenvalue weighted by Crippen LogP contribution is 2.31. The van der Waals surface area contributed by atoms with E-state index in [1.54, 1.807) is 7.11 Å². The minimum absolute atomic E-state index is 0.138. The summed E-state index contributed by atoms with van der Waals surface area (Å²) in [5, 5.41) is 12.3. The van der Waals surface area contributed by atoms with Crippen LogP contribution in [0.15, 0.2) is 12.1 Å². The van der Waals surface area contributed by atoms with E-state index in [1.807, 2.05) is 14.0 Å². The maximum absolute atomic E-state index is 9.05. The van der Waals surface area contributed by atoms with Crippen LogP contribution in [0, 0.1) is 13.8 Å². The van der Waals surface area contributed by atoms with Crippen molar-refractivity contribution in [3.8, 4) is 5.75 Å². The third kappa shape index (κ3) is 2.74. The molecule has 1 unspecified atom stereocenters. The fourth-order valence-corrected chi connectivity index (χ4v) is 2.11. The Bertz CT molecular complexity index is 350. The Hall–Kier alpha value is -1.06. The number of aliphatic hydroxyl groups is 1. The lowest BCUT2D eigenvalue weighted by Crippen LogP contribution is -2.19. The van der Waals surface area contributed by atoms with Crippen molar-refractivity contribution in [3.63, 3.8) is 0 Å². The summed E-state index contributed by atoms with van der Waals surface area (Å²) >= 11 is 0. The summed E-state index contributed by atoms with van der Waals surface area (Å²) in [5.41, 5.74) is 3.47. The van der Waals surface area contributed by atoms with Crippen molar-refractivity contribution in [1.29, 1.82) is 0 Å². The molecule has 1 aromatic carbocycles. The van der Waals surface area contributed by atoms with E-state index < -0.39 is 0 Å². The second-order valence-electron chi connectivity index (χ2n) is 4.06.